The third-order valence-corrected chi connectivity index (χ3v) is 3.85. The predicted octanol–water partition coefficient (Wildman–Crippen LogP) is 4.75. The molecule has 0 aliphatic heterocycles. The molecule has 3 aromatic rings. The van der Waals surface area contributed by atoms with E-state index in [0.29, 0.717) is 16.9 Å². The van der Waals surface area contributed by atoms with E-state index < -0.39 is 17.7 Å². The molecule has 0 N–H and O–H groups in total. The number of carbonyl (C=O) groups is 1. The first kappa shape index (κ1) is 17.8. The van der Waals surface area contributed by atoms with E-state index in [-0.39, 0.29) is 18.6 Å². The minimum Gasteiger partial charge on any atom is -0.497 e. The molecule has 4 nitrogen and oxygen atoms in total. The van der Waals surface area contributed by atoms with Crippen molar-refractivity contribution in [2.75, 3.05) is 7.11 Å². The Morgan fingerprint density at radius 3 is 2.69 bits per heavy atom. The molecular weight excluding hydrogens is 349 g/mol. The minimum absolute atomic E-state index is 0.0434. The lowest BCUT2D eigenvalue weighted by Crippen LogP contribution is -2.09. The first-order valence-corrected chi connectivity index (χ1v) is 7.72. The Morgan fingerprint density at radius 1 is 1.15 bits per heavy atom. The largest absolute Gasteiger partial charge is 0.497 e. The monoisotopic (exact) mass is 364 g/mol. The lowest BCUT2D eigenvalue weighted by atomic mass is 10.1. The Morgan fingerprint density at radius 2 is 1.96 bits per heavy atom. The van der Waals surface area contributed by atoms with Crippen LogP contribution in [0.3, 0.4) is 0 Å². The van der Waals surface area contributed by atoms with E-state index in [1.807, 2.05) is 0 Å². The van der Waals surface area contributed by atoms with Crippen molar-refractivity contribution in [3.8, 4) is 5.75 Å². The third-order valence-electron chi connectivity index (χ3n) is 3.85. The first-order chi connectivity index (χ1) is 12.4. The first-order valence-electron chi connectivity index (χ1n) is 7.72. The number of furan rings is 1. The van der Waals surface area contributed by atoms with E-state index in [4.69, 9.17) is 13.9 Å². The molecule has 0 amide bonds. The van der Waals surface area contributed by atoms with Crippen molar-refractivity contribution in [2.24, 2.45) is 0 Å². The molecule has 3 rings (SSSR count). The third kappa shape index (κ3) is 3.99. The van der Waals surface area contributed by atoms with Crippen molar-refractivity contribution < 1.29 is 31.9 Å². The number of methoxy groups -OCH3 is 1. The van der Waals surface area contributed by atoms with Crippen molar-refractivity contribution in [1.29, 1.82) is 0 Å². The highest BCUT2D eigenvalue weighted by atomic mass is 19.4. The zero-order valence-corrected chi connectivity index (χ0v) is 13.8. The number of ether oxygens (including phenoxy) is 2. The maximum Gasteiger partial charge on any atom is 0.416 e. The Kier molecular flexibility index (Phi) is 4.88. The van der Waals surface area contributed by atoms with Gasteiger partial charge in [0.15, 0.2) is 0 Å². The summed E-state index contributed by atoms with van der Waals surface area (Å²) in [5.74, 6) is 0.0754. The zero-order valence-electron chi connectivity index (χ0n) is 13.8. The van der Waals surface area contributed by atoms with Crippen molar-refractivity contribution >= 4 is 16.9 Å². The molecule has 0 saturated heterocycles. The highest BCUT2D eigenvalue weighted by Gasteiger charge is 2.30. The molecular formula is C19H15F3O4. The van der Waals surface area contributed by atoms with Gasteiger partial charge in [-0.1, -0.05) is 12.1 Å². The molecule has 1 aromatic heterocycles. The van der Waals surface area contributed by atoms with Crippen LogP contribution >= 0.6 is 0 Å². The van der Waals surface area contributed by atoms with Crippen LogP contribution in [0.1, 0.15) is 16.7 Å². The van der Waals surface area contributed by atoms with Gasteiger partial charge in [-0.05, 0) is 29.8 Å². The van der Waals surface area contributed by atoms with Crippen molar-refractivity contribution in [1.82, 2.24) is 0 Å². The van der Waals surface area contributed by atoms with E-state index >= 15 is 0 Å². The van der Waals surface area contributed by atoms with Crippen LogP contribution in [0.4, 0.5) is 13.2 Å². The summed E-state index contributed by atoms with van der Waals surface area (Å²) in [6.45, 7) is -0.230. The fourth-order valence-electron chi connectivity index (χ4n) is 2.54. The molecule has 0 aliphatic rings. The molecule has 26 heavy (non-hydrogen) atoms. The van der Waals surface area contributed by atoms with Crippen molar-refractivity contribution in [2.45, 2.75) is 19.2 Å². The number of hydrogen-bond donors (Lipinski definition) is 0. The van der Waals surface area contributed by atoms with Gasteiger partial charge >= 0.3 is 12.1 Å². The van der Waals surface area contributed by atoms with Crippen molar-refractivity contribution in [3.05, 3.63) is 65.4 Å². The number of fused-ring (bicyclic) bond motifs is 1. The fourth-order valence-corrected chi connectivity index (χ4v) is 2.54. The molecule has 0 spiro atoms. The molecule has 0 aliphatic carbocycles. The summed E-state index contributed by atoms with van der Waals surface area (Å²) in [7, 11) is 1.54. The average Bonchev–Trinajstić information content (AvgIpc) is 3.01. The molecule has 0 bridgehead atoms. The number of hydrogen-bond acceptors (Lipinski definition) is 4. The Labute approximate surface area is 147 Å². The molecule has 0 radical (unpaired) electrons. The number of alkyl halides is 3. The van der Waals surface area contributed by atoms with Gasteiger partial charge in [-0.3, -0.25) is 4.79 Å². The van der Waals surface area contributed by atoms with Gasteiger partial charge in [-0.15, -0.1) is 0 Å². The molecule has 0 saturated carbocycles. The van der Waals surface area contributed by atoms with Crippen LogP contribution in [0.25, 0.3) is 11.0 Å². The van der Waals surface area contributed by atoms with Crippen LogP contribution in [-0.2, 0) is 28.7 Å². The smallest absolute Gasteiger partial charge is 0.416 e. The average molecular weight is 364 g/mol. The van der Waals surface area contributed by atoms with Crippen LogP contribution in [0.15, 0.2) is 53.1 Å². The van der Waals surface area contributed by atoms with Gasteiger partial charge in [0.05, 0.1) is 25.4 Å². The van der Waals surface area contributed by atoms with E-state index in [9.17, 15) is 18.0 Å². The maximum absolute atomic E-state index is 12.7. The van der Waals surface area contributed by atoms with Gasteiger partial charge in [0, 0.05) is 17.0 Å². The molecule has 0 atom stereocenters. The van der Waals surface area contributed by atoms with Gasteiger partial charge in [0.2, 0.25) is 0 Å². The summed E-state index contributed by atoms with van der Waals surface area (Å²) in [6, 6.07) is 9.91. The summed E-state index contributed by atoms with van der Waals surface area (Å²) in [5.41, 5.74) is 0.706. The second-order valence-corrected chi connectivity index (χ2v) is 5.66. The van der Waals surface area contributed by atoms with Gasteiger partial charge in [-0.25, -0.2) is 0 Å². The highest BCUT2D eigenvalue weighted by Crippen LogP contribution is 2.30. The molecule has 136 valence electrons. The predicted molar refractivity (Wildman–Crippen MR) is 87.7 cm³/mol. The maximum atomic E-state index is 12.7. The quantitative estimate of drug-likeness (QED) is 0.613. The Balaban J connectivity index is 1.65. The van der Waals surface area contributed by atoms with E-state index in [2.05, 4.69) is 0 Å². The second-order valence-electron chi connectivity index (χ2n) is 5.66. The summed E-state index contributed by atoms with van der Waals surface area (Å²) in [4.78, 5) is 12.0. The molecule has 7 heteroatoms. The topological polar surface area (TPSA) is 48.7 Å². The van der Waals surface area contributed by atoms with Crippen LogP contribution in [0, 0.1) is 0 Å². The normalized spacial score (nSPS) is 11.5. The summed E-state index contributed by atoms with van der Waals surface area (Å²) < 4.78 is 53.7. The minimum atomic E-state index is -4.43. The van der Waals surface area contributed by atoms with Gasteiger partial charge in [-0.2, -0.15) is 13.2 Å². The van der Waals surface area contributed by atoms with Gasteiger partial charge < -0.3 is 13.9 Å². The molecule has 1 heterocycles. The number of carbonyl (C=O) groups excluding carboxylic acids is 1. The second kappa shape index (κ2) is 7.11. The van der Waals surface area contributed by atoms with Crippen LogP contribution in [0.2, 0.25) is 0 Å². The Hall–Kier alpha value is -2.96. The standard InChI is InChI=1S/C19H15F3O4/c1-24-15-5-6-16-13(11-25-17(16)9-15)8-18(23)26-10-12-3-2-4-14(7-12)19(20,21)22/h2-7,9,11H,8,10H2,1H3. The zero-order chi connectivity index (χ0) is 18.7. The number of halogens is 3. The number of esters is 1. The van der Waals surface area contributed by atoms with Crippen LogP contribution in [0.5, 0.6) is 5.75 Å². The van der Waals surface area contributed by atoms with Gasteiger partial charge in [0.1, 0.15) is 17.9 Å². The molecule has 0 unspecified atom stereocenters. The van der Waals surface area contributed by atoms with E-state index in [1.54, 1.807) is 18.2 Å². The fraction of sp³-hybridized carbons (Fsp3) is 0.211. The summed E-state index contributed by atoms with van der Waals surface area (Å²) >= 11 is 0. The lowest BCUT2D eigenvalue weighted by Gasteiger charge is -2.09. The number of benzene rings is 2. The van der Waals surface area contributed by atoms with Gasteiger partial charge in [0.25, 0.3) is 0 Å². The summed E-state index contributed by atoms with van der Waals surface area (Å²) in [6.07, 6.45) is -3.02. The van der Waals surface area contributed by atoms with E-state index in [0.717, 1.165) is 17.5 Å². The lowest BCUT2D eigenvalue weighted by molar-refractivity contribution is -0.144. The highest BCUT2D eigenvalue weighted by molar-refractivity contribution is 5.86. The van der Waals surface area contributed by atoms with E-state index in [1.165, 1.54) is 25.5 Å². The van der Waals surface area contributed by atoms with Crippen molar-refractivity contribution in [3.63, 3.8) is 0 Å². The summed E-state index contributed by atoms with van der Waals surface area (Å²) in [5, 5.41) is 0.752. The SMILES string of the molecule is COc1ccc2c(CC(=O)OCc3cccc(C(F)(F)F)c3)coc2c1. The molecule has 0 fully saturated rings. The Bertz CT molecular complexity index is 928. The van der Waals surface area contributed by atoms with Crippen LogP contribution < -0.4 is 4.74 Å². The van der Waals surface area contributed by atoms with Crippen LogP contribution in [-0.4, -0.2) is 13.1 Å². The number of rotatable bonds is 5. The molecule has 2 aromatic carbocycles.